The molecule has 0 fully saturated rings. The zero-order chi connectivity index (χ0) is 15.6. The number of carbonyl (C=O) groups is 2. The number of nitriles is 1. The lowest BCUT2D eigenvalue weighted by molar-refractivity contribution is -0.137. The molecule has 0 saturated heterocycles. The molecule has 0 bridgehead atoms. The van der Waals surface area contributed by atoms with E-state index in [0.717, 1.165) is 6.42 Å². The summed E-state index contributed by atoms with van der Waals surface area (Å²) in [5.74, 6) is -0.796. The van der Waals surface area contributed by atoms with Gasteiger partial charge in [-0.2, -0.15) is 5.26 Å². The van der Waals surface area contributed by atoms with Crippen LogP contribution >= 0.6 is 0 Å². The molecule has 0 unspecified atom stereocenters. The Labute approximate surface area is 120 Å². The number of carboxylic acids is 1. The molecule has 2 amide bonds. The maximum atomic E-state index is 11.8. The van der Waals surface area contributed by atoms with Crippen LogP contribution in [0.15, 0.2) is 0 Å². The minimum absolute atomic E-state index is 0.116. The van der Waals surface area contributed by atoms with Crippen molar-refractivity contribution in [3.63, 3.8) is 0 Å². The van der Waals surface area contributed by atoms with Crippen LogP contribution in [0.3, 0.4) is 0 Å². The third-order valence-corrected chi connectivity index (χ3v) is 3.26. The molecule has 0 aromatic heterocycles. The average Bonchev–Trinajstić information content (AvgIpc) is 2.37. The SMILES string of the molecule is CCN(CCC#N)C(=O)NCCC(C)(C)CCC(=O)O. The Morgan fingerprint density at radius 1 is 1.35 bits per heavy atom. The topological polar surface area (TPSA) is 93.4 Å². The molecule has 0 spiro atoms. The van der Waals surface area contributed by atoms with Gasteiger partial charge in [0.1, 0.15) is 0 Å². The highest BCUT2D eigenvalue weighted by atomic mass is 16.4. The highest BCUT2D eigenvalue weighted by Crippen LogP contribution is 2.25. The van der Waals surface area contributed by atoms with Crippen molar-refractivity contribution in [1.29, 1.82) is 5.26 Å². The van der Waals surface area contributed by atoms with Crippen molar-refractivity contribution in [2.75, 3.05) is 19.6 Å². The number of hydrogen-bond acceptors (Lipinski definition) is 3. The predicted molar refractivity (Wildman–Crippen MR) is 76.1 cm³/mol. The van der Waals surface area contributed by atoms with Crippen molar-refractivity contribution in [1.82, 2.24) is 10.2 Å². The summed E-state index contributed by atoms with van der Waals surface area (Å²) in [5.41, 5.74) is -0.116. The van der Waals surface area contributed by atoms with Crippen molar-refractivity contribution < 1.29 is 14.7 Å². The summed E-state index contributed by atoms with van der Waals surface area (Å²) in [6, 6.07) is 1.85. The van der Waals surface area contributed by atoms with Gasteiger partial charge in [-0.1, -0.05) is 13.8 Å². The van der Waals surface area contributed by atoms with E-state index >= 15 is 0 Å². The molecule has 0 atom stereocenters. The van der Waals surface area contributed by atoms with Crippen LogP contribution in [0.2, 0.25) is 0 Å². The van der Waals surface area contributed by atoms with Gasteiger partial charge in [0.15, 0.2) is 0 Å². The molecule has 0 heterocycles. The van der Waals surface area contributed by atoms with E-state index in [1.807, 2.05) is 26.8 Å². The maximum absolute atomic E-state index is 11.8. The Morgan fingerprint density at radius 3 is 2.50 bits per heavy atom. The predicted octanol–water partition coefficient (Wildman–Crippen LogP) is 2.21. The highest BCUT2D eigenvalue weighted by molar-refractivity contribution is 5.74. The fourth-order valence-electron chi connectivity index (χ4n) is 1.78. The molecule has 0 radical (unpaired) electrons. The number of aliphatic carboxylic acids is 1. The van der Waals surface area contributed by atoms with Gasteiger partial charge in [-0.25, -0.2) is 4.79 Å². The fourth-order valence-corrected chi connectivity index (χ4v) is 1.78. The van der Waals surface area contributed by atoms with E-state index in [1.165, 1.54) is 0 Å². The highest BCUT2D eigenvalue weighted by Gasteiger charge is 2.19. The van der Waals surface area contributed by atoms with Crippen molar-refractivity contribution in [2.45, 2.75) is 46.5 Å². The summed E-state index contributed by atoms with van der Waals surface area (Å²) in [5, 5.41) is 20.0. The average molecular weight is 283 g/mol. The number of rotatable bonds is 9. The Kier molecular flexibility index (Phi) is 8.37. The summed E-state index contributed by atoms with van der Waals surface area (Å²) in [6.07, 6.45) is 1.78. The second-order valence-corrected chi connectivity index (χ2v) is 5.53. The van der Waals surface area contributed by atoms with E-state index in [0.29, 0.717) is 32.5 Å². The number of amides is 2. The number of nitrogens with zero attached hydrogens (tertiary/aromatic N) is 2. The van der Waals surface area contributed by atoms with Crippen LogP contribution in [0.25, 0.3) is 0 Å². The third kappa shape index (κ3) is 8.35. The fraction of sp³-hybridized carbons (Fsp3) is 0.786. The summed E-state index contributed by atoms with van der Waals surface area (Å²) in [7, 11) is 0. The van der Waals surface area contributed by atoms with Crippen molar-refractivity contribution >= 4 is 12.0 Å². The van der Waals surface area contributed by atoms with Crippen LogP contribution < -0.4 is 5.32 Å². The van der Waals surface area contributed by atoms with Gasteiger partial charge in [-0.05, 0) is 25.2 Å². The number of hydrogen-bond donors (Lipinski definition) is 2. The van der Waals surface area contributed by atoms with E-state index in [2.05, 4.69) is 5.32 Å². The van der Waals surface area contributed by atoms with E-state index < -0.39 is 5.97 Å². The van der Waals surface area contributed by atoms with Gasteiger partial charge in [0, 0.05) is 26.1 Å². The molecule has 0 aromatic carbocycles. The lowest BCUT2D eigenvalue weighted by Crippen LogP contribution is -2.41. The van der Waals surface area contributed by atoms with Gasteiger partial charge in [-0.15, -0.1) is 0 Å². The van der Waals surface area contributed by atoms with Gasteiger partial charge in [0.25, 0.3) is 0 Å². The number of carboxylic acid groups (broad SMARTS) is 1. The van der Waals surface area contributed by atoms with Crippen molar-refractivity contribution in [3.05, 3.63) is 0 Å². The number of carbonyl (C=O) groups excluding carboxylic acids is 1. The van der Waals surface area contributed by atoms with Crippen LogP contribution in [0.1, 0.15) is 46.5 Å². The van der Waals surface area contributed by atoms with Gasteiger partial charge < -0.3 is 15.3 Å². The summed E-state index contributed by atoms with van der Waals surface area (Å²) in [6.45, 7) is 7.37. The van der Waals surface area contributed by atoms with Gasteiger partial charge >= 0.3 is 12.0 Å². The largest absolute Gasteiger partial charge is 0.481 e. The molecule has 0 aromatic rings. The lowest BCUT2D eigenvalue weighted by atomic mass is 9.84. The molecule has 0 aliphatic heterocycles. The normalized spacial score (nSPS) is 10.7. The van der Waals surface area contributed by atoms with Crippen LogP contribution in [-0.4, -0.2) is 41.6 Å². The smallest absolute Gasteiger partial charge is 0.317 e. The molecule has 6 heteroatoms. The first kappa shape index (κ1) is 18.2. The first-order chi connectivity index (χ1) is 9.32. The summed E-state index contributed by atoms with van der Waals surface area (Å²) in [4.78, 5) is 24.0. The standard InChI is InChI=1S/C14H25N3O3/c1-4-17(11-5-9-15)13(20)16-10-8-14(2,3)7-6-12(18)19/h4-8,10-11H2,1-3H3,(H,16,20)(H,18,19). The third-order valence-electron chi connectivity index (χ3n) is 3.26. The Balaban J connectivity index is 4.05. The van der Waals surface area contributed by atoms with Crippen molar-refractivity contribution in [3.8, 4) is 6.07 Å². The van der Waals surface area contributed by atoms with E-state index in [1.54, 1.807) is 4.90 Å². The Hall–Kier alpha value is -1.77. The van der Waals surface area contributed by atoms with Gasteiger partial charge in [0.2, 0.25) is 0 Å². The number of urea groups is 1. The van der Waals surface area contributed by atoms with Crippen LogP contribution in [0.4, 0.5) is 4.79 Å². The monoisotopic (exact) mass is 283 g/mol. The maximum Gasteiger partial charge on any atom is 0.317 e. The molecule has 0 aliphatic carbocycles. The second kappa shape index (κ2) is 9.18. The Bertz CT molecular complexity index is 361. The molecular weight excluding hydrogens is 258 g/mol. The minimum Gasteiger partial charge on any atom is -0.481 e. The molecule has 0 aliphatic rings. The van der Waals surface area contributed by atoms with E-state index in [-0.39, 0.29) is 17.9 Å². The zero-order valence-corrected chi connectivity index (χ0v) is 12.6. The molecule has 114 valence electrons. The van der Waals surface area contributed by atoms with Crippen molar-refractivity contribution in [2.24, 2.45) is 5.41 Å². The van der Waals surface area contributed by atoms with Crippen LogP contribution in [0.5, 0.6) is 0 Å². The molecule has 0 saturated carbocycles. The summed E-state index contributed by atoms with van der Waals surface area (Å²) >= 11 is 0. The van der Waals surface area contributed by atoms with Crippen LogP contribution in [0, 0.1) is 16.7 Å². The van der Waals surface area contributed by atoms with Gasteiger partial charge in [-0.3, -0.25) is 4.79 Å². The molecule has 0 rings (SSSR count). The Morgan fingerprint density at radius 2 is 2.00 bits per heavy atom. The summed E-state index contributed by atoms with van der Waals surface area (Å²) < 4.78 is 0. The van der Waals surface area contributed by atoms with Gasteiger partial charge in [0.05, 0.1) is 12.5 Å². The molecular formula is C14H25N3O3. The van der Waals surface area contributed by atoms with E-state index in [9.17, 15) is 9.59 Å². The molecule has 2 N–H and O–H groups in total. The van der Waals surface area contributed by atoms with E-state index in [4.69, 9.17) is 10.4 Å². The van der Waals surface area contributed by atoms with Crippen LogP contribution in [-0.2, 0) is 4.79 Å². The second-order valence-electron chi connectivity index (χ2n) is 5.53. The quantitative estimate of drug-likeness (QED) is 0.678. The molecule has 20 heavy (non-hydrogen) atoms. The lowest BCUT2D eigenvalue weighted by Gasteiger charge is -2.25. The number of nitrogens with one attached hydrogen (secondary N) is 1. The zero-order valence-electron chi connectivity index (χ0n) is 12.6. The first-order valence-corrected chi connectivity index (χ1v) is 6.94. The molecule has 6 nitrogen and oxygen atoms in total. The minimum atomic E-state index is -0.796. The first-order valence-electron chi connectivity index (χ1n) is 6.94.